The molecule has 0 amide bonds. The summed E-state index contributed by atoms with van der Waals surface area (Å²) >= 11 is 11.9. The van der Waals surface area contributed by atoms with E-state index >= 15 is 0 Å². The molecule has 17 heavy (non-hydrogen) atoms. The van der Waals surface area contributed by atoms with Crippen molar-refractivity contribution in [1.82, 2.24) is 0 Å². The number of benzene rings is 2. The Balaban J connectivity index is 2.10. The second-order valence-corrected chi connectivity index (χ2v) is 4.52. The Bertz CT molecular complexity index is 527. The third-order valence-corrected chi connectivity index (χ3v) is 3.03. The first-order valence-corrected chi connectivity index (χ1v) is 5.95. The molecule has 3 N–H and O–H groups in total. The van der Waals surface area contributed by atoms with Gasteiger partial charge in [-0.25, -0.2) is 0 Å². The molecule has 0 bridgehead atoms. The number of anilines is 2. The van der Waals surface area contributed by atoms with E-state index < -0.39 is 0 Å². The molecule has 2 aromatic rings. The normalized spacial score (nSPS) is 10.2. The molecule has 0 radical (unpaired) electrons. The van der Waals surface area contributed by atoms with E-state index in [1.165, 1.54) is 0 Å². The second kappa shape index (κ2) is 5.30. The van der Waals surface area contributed by atoms with Gasteiger partial charge in [-0.15, -0.1) is 0 Å². The fourth-order valence-electron chi connectivity index (χ4n) is 1.51. The van der Waals surface area contributed by atoms with Crippen molar-refractivity contribution in [3.63, 3.8) is 0 Å². The topological polar surface area (TPSA) is 38.0 Å². The Kier molecular flexibility index (Phi) is 3.77. The molecule has 0 unspecified atom stereocenters. The summed E-state index contributed by atoms with van der Waals surface area (Å²) in [6.07, 6.45) is 0. The molecule has 0 aliphatic rings. The highest BCUT2D eigenvalue weighted by Crippen LogP contribution is 2.23. The highest BCUT2D eigenvalue weighted by atomic mass is 35.5. The number of nitrogens with two attached hydrogens (primary N) is 1. The van der Waals surface area contributed by atoms with E-state index in [2.05, 4.69) is 5.32 Å². The molecule has 88 valence electrons. The van der Waals surface area contributed by atoms with Gasteiger partial charge in [0.2, 0.25) is 0 Å². The molecule has 0 saturated carbocycles. The van der Waals surface area contributed by atoms with E-state index in [9.17, 15) is 0 Å². The highest BCUT2D eigenvalue weighted by Gasteiger charge is 2.02. The van der Waals surface area contributed by atoms with Gasteiger partial charge in [0.25, 0.3) is 0 Å². The molecule has 0 aliphatic heterocycles. The van der Waals surface area contributed by atoms with E-state index in [4.69, 9.17) is 28.9 Å². The lowest BCUT2D eigenvalue weighted by molar-refractivity contribution is 1.15. The fraction of sp³-hybridized carbons (Fsp3) is 0.0769. The van der Waals surface area contributed by atoms with Crippen molar-refractivity contribution in [3.05, 3.63) is 58.1 Å². The van der Waals surface area contributed by atoms with Gasteiger partial charge in [-0.05, 0) is 29.8 Å². The van der Waals surface area contributed by atoms with E-state index in [1.54, 1.807) is 6.07 Å². The molecular formula is C13H12Cl2N2. The highest BCUT2D eigenvalue weighted by molar-refractivity contribution is 6.35. The van der Waals surface area contributed by atoms with Gasteiger partial charge in [-0.3, -0.25) is 0 Å². The van der Waals surface area contributed by atoms with Crippen LogP contribution in [0.4, 0.5) is 11.4 Å². The molecule has 0 atom stereocenters. The van der Waals surface area contributed by atoms with Gasteiger partial charge >= 0.3 is 0 Å². The quantitative estimate of drug-likeness (QED) is 0.818. The summed E-state index contributed by atoms with van der Waals surface area (Å²) < 4.78 is 0. The van der Waals surface area contributed by atoms with Crippen molar-refractivity contribution >= 4 is 34.6 Å². The van der Waals surface area contributed by atoms with Gasteiger partial charge < -0.3 is 11.1 Å². The van der Waals surface area contributed by atoms with Gasteiger partial charge in [-0.2, -0.15) is 0 Å². The van der Waals surface area contributed by atoms with Crippen LogP contribution in [0.5, 0.6) is 0 Å². The minimum Gasteiger partial charge on any atom is -0.397 e. The number of para-hydroxylation sites is 2. The fourth-order valence-corrected chi connectivity index (χ4v) is 1.99. The lowest BCUT2D eigenvalue weighted by atomic mass is 10.2. The molecule has 0 spiro atoms. The maximum atomic E-state index is 6.08. The standard InChI is InChI=1S/C13H12Cl2N2/c14-10-6-5-9(11(15)7-10)8-17-13-4-2-1-3-12(13)16/h1-7,17H,8,16H2. The summed E-state index contributed by atoms with van der Waals surface area (Å²) in [4.78, 5) is 0. The summed E-state index contributed by atoms with van der Waals surface area (Å²) in [7, 11) is 0. The smallest absolute Gasteiger partial charge is 0.0576 e. The molecule has 0 aromatic heterocycles. The van der Waals surface area contributed by atoms with E-state index in [1.807, 2.05) is 36.4 Å². The molecule has 0 heterocycles. The average molecular weight is 267 g/mol. The zero-order valence-electron chi connectivity index (χ0n) is 9.08. The van der Waals surface area contributed by atoms with Gasteiger partial charge in [0.15, 0.2) is 0 Å². The number of rotatable bonds is 3. The Morgan fingerprint density at radius 2 is 1.82 bits per heavy atom. The van der Waals surface area contributed by atoms with Crippen molar-refractivity contribution < 1.29 is 0 Å². The number of halogens is 2. The van der Waals surface area contributed by atoms with Crippen molar-refractivity contribution in [1.29, 1.82) is 0 Å². The molecule has 0 saturated heterocycles. The molecule has 2 rings (SSSR count). The Hall–Kier alpha value is -1.38. The lowest BCUT2D eigenvalue weighted by Gasteiger charge is -2.10. The third kappa shape index (κ3) is 3.05. The van der Waals surface area contributed by atoms with E-state index in [-0.39, 0.29) is 0 Å². The minimum absolute atomic E-state index is 0.615. The largest absolute Gasteiger partial charge is 0.397 e. The minimum atomic E-state index is 0.615. The summed E-state index contributed by atoms with van der Waals surface area (Å²) in [6, 6.07) is 13.1. The predicted octanol–water partition coefficient (Wildman–Crippen LogP) is 4.19. The van der Waals surface area contributed by atoms with Gasteiger partial charge in [0.05, 0.1) is 11.4 Å². The third-order valence-electron chi connectivity index (χ3n) is 2.45. The average Bonchev–Trinajstić information content (AvgIpc) is 2.30. The molecule has 0 aliphatic carbocycles. The van der Waals surface area contributed by atoms with E-state index in [0.717, 1.165) is 16.9 Å². The molecule has 2 nitrogen and oxygen atoms in total. The van der Waals surface area contributed by atoms with Crippen molar-refractivity contribution in [2.75, 3.05) is 11.1 Å². The Labute approximate surface area is 110 Å². The van der Waals surface area contributed by atoms with Gasteiger partial charge in [0, 0.05) is 16.6 Å². The number of hydrogen-bond acceptors (Lipinski definition) is 2. The Morgan fingerprint density at radius 1 is 1.06 bits per heavy atom. The van der Waals surface area contributed by atoms with E-state index in [0.29, 0.717) is 16.6 Å². The van der Waals surface area contributed by atoms with Crippen LogP contribution in [-0.2, 0) is 6.54 Å². The number of nitrogens with one attached hydrogen (secondary N) is 1. The van der Waals surface area contributed by atoms with Gasteiger partial charge in [0.1, 0.15) is 0 Å². The van der Waals surface area contributed by atoms with Crippen LogP contribution >= 0.6 is 23.2 Å². The summed E-state index contributed by atoms with van der Waals surface area (Å²) in [5, 5.41) is 4.53. The molecule has 0 fully saturated rings. The van der Waals surface area contributed by atoms with Crippen LogP contribution in [0.2, 0.25) is 10.0 Å². The van der Waals surface area contributed by atoms with Crippen LogP contribution in [0.15, 0.2) is 42.5 Å². The first kappa shape index (κ1) is 12.1. The van der Waals surface area contributed by atoms with Crippen LogP contribution in [0.25, 0.3) is 0 Å². The van der Waals surface area contributed by atoms with Crippen LogP contribution < -0.4 is 11.1 Å². The number of hydrogen-bond donors (Lipinski definition) is 2. The van der Waals surface area contributed by atoms with Gasteiger partial charge in [-0.1, -0.05) is 41.4 Å². The van der Waals surface area contributed by atoms with Crippen LogP contribution in [0.1, 0.15) is 5.56 Å². The van der Waals surface area contributed by atoms with Crippen molar-refractivity contribution in [3.8, 4) is 0 Å². The SMILES string of the molecule is Nc1ccccc1NCc1ccc(Cl)cc1Cl. The number of nitrogen functional groups attached to an aromatic ring is 1. The molecule has 4 heteroatoms. The lowest BCUT2D eigenvalue weighted by Crippen LogP contribution is -2.02. The molecular weight excluding hydrogens is 255 g/mol. The summed E-state index contributed by atoms with van der Waals surface area (Å²) in [5.41, 5.74) is 8.44. The second-order valence-electron chi connectivity index (χ2n) is 3.68. The summed E-state index contributed by atoms with van der Waals surface area (Å²) in [6.45, 7) is 0.615. The van der Waals surface area contributed by atoms with Crippen LogP contribution in [0.3, 0.4) is 0 Å². The first-order chi connectivity index (χ1) is 8.16. The molecule has 2 aromatic carbocycles. The van der Waals surface area contributed by atoms with Crippen molar-refractivity contribution in [2.24, 2.45) is 0 Å². The zero-order chi connectivity index (χ0) is 12.3. The predicted molar refractivity (Wildman–Crippen MR) is 74.6 cm³/mol. The Morgan fingerprint density at radius 3 is 2.53 bits per heavy atom. The first-order valence-electron chi connectivity index (χ1n) is 5.19. The maximum absolute atomic E-state index is 6.08. The van der Waals surface area contributed by atoms with Crippen molar-refractivity contribution in [2.45, 2.75) is 6.54 Å². The maximum Gasteiger partial charge on any atom is 0.0576 e. The van der Waals surface area contributed by atoms with Crippen LogP contribution in [-0.4, -0.2) is 0 Å². The van der Waals surface area contributed by atoms with Crippen LogP contribution in [0, 0.1) is 0 Å². The zero-order valence-corrected chi connectivity index (χ0v) is 10.6. The monoisotopic (exact) mass is 266 g/mol. The summed E-state index contributed by atoms with van der Waals surface area (Å²) in [5.74, 6) is 0.